The third kappa shape index (κ3) is 4.39. The van der Waals surface area contributed by atoms with Gasteiger partial charge in [-0.15, -0.1) is 0 Å². The molecule has 1 aromatic rings. The molecule has 0 heterocycles. The molecule has 0 radical (unpaired) electrons. The summed E-state index contributed by atoms with van der Waals surface area (Å²) < 4.78 is 0. The lowest BCUT2D eigenvalue weighted by Crippen LogP contribution is -2.32. The molecule has 3 rings (SSSR count). The van der Waals surface area contributed by atoms with E-state index in [0.717, 1.165) is 35.6 Å². The van der Waals surface area contributed by atoms with Crippen molar-refractivity contribution in [2.75, 3.05) is 31.5 Å². The minimum absolute atomic E-state index is 0.818. The van der Waals surface area contributed by atoms with E-state index in [2.05, 4.69) is 16.3 Å². The average molecular weight is 279 g/mol. The van der Waals surface area contributed by atoms with Crippen molar-refractivity contribution >= 4 is 17.3 Å². The van der Waals surface area contributed by atoms with Gasteiger partial charge in [-0.25, -0.2) is 0 Å². The number of nitrogens with zero attached hydrogens (tertiary/aromatic N) is 1. The van der Waals surface area contributed by atoms with E-state index < -0.39 is 0 Å². The third-order valence-corrected chi connectivity index (χ3v) is 4.37. The molecule has 19 heavy (non-hydrogen) atoms. The van der Waals surface area contributed by atoms with E-state index >= 15 is 0 Å². The predicted octanol–water partition coefficient (Wildman–Crippen LogP) is 3.87. The van der Waals surface area contributed by atoms with Gasteiger partial charge >= 0.3 is 0 Å². The lowest BCUT2D eigenvalue weighted by atomic mass is 10.3. The number of hydrogen-bond acceptors (Lipinski definition) is 2. The van der Waals surface area contributed by atoms with Gasteiger partial charge in [-0.05, 0) is 49.7 Å². The lowest BCUT2D eigenvalue weighted by Gasteiger charge is -2.22. The van der Waals surface area contributed by atoms with E-state index in [0.29, 0.717) is 0 Å². The monoisotopic (exact) mass is 278 g/mol. The highest BCUT2D eigenvalue weighted by Crippen LogP contribution is 2.33. The molecule has 1 aromatic carbocycles. The van der Waals surface area contributed by atoms with Gasteiger partial charge in [0.25, 0.3) is 0 Å². The van der Waals surface area contributed by atoms with Crippen LogP contribution in [0.15, 0.2) is 24.3 Å². The fourth-order valence-electron chi connectivity index (χ4n) is 2.54. The van der Waals surface area contributed by atoms with Gasteiger partial charge in [0.1, 0.15) is 0 Å². The molecule has 2 saturated carbocycles. The van der Waals surface area contributed by atoms with Crippen LogP contribution in [-0.2, 0) is 0 Å². The number of rotatable bonds is 8. The van der Waals surface area contributed by atoms with Gasteiger partial charge in [0, 0.05) is 26.2 Å². The van der Waals surface area contributed by atoms with Crippen LogP contribution in [0.3, 0.4) is 0 Å². The van der Waals surface area contributed by atoms with E-state index in [9.17, 15) is 0 Å². The maximum absolute atomic E-state index is 6.15. The molecule has 3 heteroatoms. The summed E-state index contributed by atoms with van der Waals surface area (Å²) >= 11 is 6.15. The van der Waals surface area contributed by atoms with Crippen LogP contribution >= 0.6 is 11.6 Å². The Hall–Kier alpha value is -0.730. The highest BCUT2D eigenvalue weighted by molar-refractivity contribution is 6.33. The van der Waals surface area contributed by atoms with Crippen molar-refractivity contribution in [2.24, 2.45) is 11.8 Å². The average Bonchev–Trinajstić information content (AvgIpc) is 3.27. The molecular weight excluding hydrogens is 256 g/mol. The zero-order chi connectivity index (χ0) is 13.1. The molecule has 2 aliphatic rings. The number of hydrogen-bond donors (Lipinski definition) is 1. The molecule has 0 amide bonds. The minimum atomic E-state index is 0.818. The Morgan fingerprint density at radius 3 is 2.26 bits per heavy atom. The zero-order valence-corrected chi connectivity index (χ0v) is 12.2. The van der Waals surface area contributed by atoms with Gasteiger partial charge in [0.05, 0.1) is 10.7 Å². The van der Waals surface area contributed by atoms with Crippen LogP contribution in [0.25, 0.3) is 0 Å². The molecule has 0 spiro atoms. The molecule has 2 fully saturated rings. The minimum Gasteiger partial charge on any atom is -0.383 e. The Balaban J connectivity index is 1.44. The second kappa shape index (κ2) is 6.15. The maximum Gasteiger partial charge on any atom is 0.0637 e. The normalized spacial score (nSPS) is 18.8. The first-order valence-electron chi connectivity index (χ1n) is 7.52. The summed E-state index contributed by atoms with van der Waals surface area (Å²) in [6.45, 7) is 4.74. The van der Waals surface area contributed by atoms with Gasteiger partial charge < -0.3 is 10.2 Å². The summed E-state index contributed by atoms with van der Waals surface area (Å²) in [6, 6.07) is 7.99. The van der Waals surface area contributed by atoms with E-state index in [-0.39, 0.29) is 0 Å². The summed E-state index contributed by atoms with van der Waals surface area (Å²) in [7, 11) is 0. The Morgan fingerprint density at radius 1 is 1.05 bits per heavy atom. The number of nitrogens with one attached hydrogen (secondary N) is 1. The Labute approximate surface area is 121 Å². The van der Waals surface area contributed by atoms with Crippen molar-refractivity contribution in [1.82, 2.24) is 4.90 Å². The first-order chi connectivity index (χ1) is 9.31. The fraction of sp³-hybridized carbons (Fsp3) is 0.625. The molecule has 0 unspecified atom stereocenters. The molecule has 0 atom stereocenters. The fourth-order valence-corrected chi connectivity index (χ4v) is 2.74. The first-order valence-corrected chi connectivity index (χ1v) is 7.90. The highest BCUT2D eigenvalue weighted by atomic mass is 35.5. The largest absolute Gasteiger partial charge is 0.383 e. The highest BCUT2D eigenvalue weighted by Gasteiger charge is 2.28. The second-order valence-corrected chi connectivity index (χ2v) is 6.46. The van der Waals surface area contributed by atoms with Crippen molar-refractivity contribution in [3.63, 3.8) is 0 Å². The molecule has 0 aliphatic heterocycles. The Kier molecular flexibility index (Phi) is 4.29. The number of para-hydroxylation sites is 1. The number of halogens is 1. The first kappa shape index (κ1) is 13.3. The summed E-state index contributed by atoms with van der Waals surface area (Å²) in [6.07, 6.45) is 5.77. The second-order valence-electron chi connectivity index (χ2n) is 6.05. The molecule has 104 valence electrons. The summed E-state index contributed by atoms with van der Waals surface area (Å²) in [5.41, 5.74) is 1.06. The van der Waals surface area contributed by atoms with Crippen LogP contribution < -0.4 is 5.32 Å². The topological polar surface area (TPSA) is 15.3 Å². The number of anilines is 1. The number of benzene rings is 1. The van der Waals surface area contributed by atoms with Crippen LogP contribution in [0, 0.1) is 11.8 Å². The van der Waals surface area contributed by atoms with Crippen LogP contribution in [0.4, 0.5) is 5.69 Å². The van der Waals surface area contributed by atoms with Crippen LogP contribution in [-0.4, -0.2) is 31.1 Å². The quantitative estimate of drug-likeness (QED) is 0.776. The lowest BCUT2D eigenvalue weighted by molar-refractivity contribution is 0.262. The van der Waals surface area contributed by atoms with Gasteiger partial charge in [0.2, 0.25) is 0 Å². The summed E-state index contributed by atoms with van der Waals surface area (Å²) in [5, 5.41) is 4.28. The van der Waals surface area contributed by atoms with E-state index in [1.165, 1.54) is 38.8 Å². The van der Waals surface area contributed by atoms with Crippen molar-refractivity contribution in [3.8, 4) is 0 Å². The van der Waals surface area contributed by atoms with Crippen LogP contribution in [0.1, 0.15) is 25.7 Å². The zero-order valence-electron chi connectivity index (χ0n) is 11.4. The third-order valence-electron chi connectivity index (χ3n) is 4.04. The van der Waals surface area contributed by atoms with E-state index in [1.807, 2.05) is 18.2 Å². The van der Waals surface area contributed by atoms with Crippen LogP contribution in [0.5, 0.6) is 0 Å². The molecule has 0 bridgehead atoms. The molecule has 0 aromatic heterocycles. The van der Waals surface area contributed by atoms with Crippen LogP contribution in [0.2, 0.25) is 5.02 Å². The summed E-state index contributed by atoms with van der Waals surface area (Å²) in [4.78, 5) is 2.65. The Bertz CT molecular complexity index is 399. The van der Waals surface area contributed by atoms with Crippen molar-refractivity contribution < 1.29 is 0 Å². The van der Waals surface area contributed by atoms with Crippen molar-refractivity contribution in [1.29, 1.82) is 0 Å². The van der Waals surface area contributed by atoms with Gasteiger partial charge in [-0.3, -0.25) is 0 Å². The molecule has 2 aliphatic carbocycles. The molecule has 0 saturated heterocycles. The van der Waals surface area contributed by atoms with E-state index in [4.69, 9.17) is 11.6 Å². The van der Waals surface area contributed by atoms with Crippen molar-refractivity contribution in [3.05, 3.63) is 29.3 Å². The van der Waals surface area contributed by atoms with Gasteiger partial charge in [-0.2, -0.15) is 0 Å². The molecular formula is C16H23ClN2. The van der Waals surface area contributed by atoms with Gasteiger partial charge in [0.15, 0.2) is 0 Å². The molecule has 1 N–H and O–H groups in total. The van der Waals surface area contributed by atoms with Gasteiger partial charge in [-0.1, -0.05) is 23.7 Å². The van der Waals surface area contributed by atoms with Crippen molar-refractivity contribution in [2.45, 2.75) is 25.7 Å². The predicted molar refractivity (Wildman–Crippen MR) is 81.8 cm³/mol. The SMILES string of the molecule is Clc1ccccc1NCCN(CC1CC1)CC1CC1. The van der Waals surface area contributed by atoms with E-state index in [1.54, 1.807) is 0 Å². The molecule has 2 nitrogen and oxygen atoms in total. The summed E-state index contributed by atoms with van der Waals surface area (Å²) in [5.74, 6) is 1.97. The Morgan fingerprint density at radius 2 is 1.68 bits per heavy atom. The maximum atomic E-state index is 6.15. The standard InChI is InChI=1S/C16H23ClN2/c17-15-3-1-2-4-16(15)18-9-10-19(11-13-5-6-13)12-14-7-8-14/h1-4,13-14,18H,5-12H2. The smallest absolute Gasteiger partial charge is 0.0637 e.